The van der Waals surface area contributed by atoms with Crippen LogP contribution in [0.1, 0.15) is 10.5 Å². The van der Waals surface area contributed by atoms with Gasteiger partial charge in [-0.25, -0.2) is 9.78 Å². The van der Waals surface area contributed by atoms with Gasteiger partial charge in [-0.05, 0) is 47.5 Å². The second kappa shape index (κ2) is 9.33. The molecular weight excluding hydrogens is 511 g/mol. The molecule has 1 aromatic heterocycles. The number of methoxy groups -OCH3 is 1. The summed E-state index contributed by atoms with van der Waals surface area (Å²) in [6.07, 6.45) is 0. The monoisotopic (exact) mass is 526 g/mol. The van der Waals surface area contributed by atoms with E-state index >= 15 is 0 Å². The highest BCUT2D eigenvalue weighted by Gasteiger charge is 2.25. The van der Waals surface area contributed by atoms with Gasteiger partial charge in [-0.2, -0.15) is 0 Å². The Labute approximate surface area is 204 Å². The van der Waals surface area contributed by atoms with E-state index in [1.54, 1.807) is 36.4 Å². The molecule has 0 aliphatic carbocycles. The largest absolute Gasteiger partial charge is 0.464 e. The molecule has 0 saturated heterocycles. The van der Waals surface area contributed by atoms with Gasteiger partial charge >= 0.3 is 5.97 Å². The van der Waals surface area contributed by atoms with E-state index in [1.165, 1.54) is 7.11 Å². The van der Waals surface area contributed by atoms with Crippen molar-refractivity contribution in [2.24, 2.45) is 0 Å². The summed E-state index contributed by atoms with van der Waals surface area (Å²) in [5, 5.41) is 1.18. The molecule has 0 fully saturated rings. The van der Waals surface area contributed by atoms with E-state index < -0.39 is 5.97 Å². The zero-order valence-corrected chi connectivity index (χ0v) is 20.0. The maximum atomic E-state index is 12.8. The molecule has 0 amide bonds. The molecule has 0 bridgehead atoms. The summed E-state index contributed by atoms with van der Waals surface area (Å²) in [5.74, 6) is -0.581. The van der Waals surface area contributed by atoms with Crippen LogP contribution < -0.4 is 5.73 Å². The van der Waals surface area contributed by atoms with E-state index in [2.05, 4.69) is 15.9 Å². The fourth-order valence-electron chi connectivity index (χ4n) is 3.48. The fourth-order valence-corrected chi connectivity index (χ4v) is 4.00. The quantitative estimate of drug-likeness (QED) is 0.279. The molecule has 1 heterocycles. The van der Waals surface area contributed by atoms with Gasteiger partial charge in [-0.15, -0.1) is 0 Å². The average molecular weight is 528 g/mol. The molecular formula is C25H17BrCl2N2O2. The molecule has 0 saturated carbocycles. The summed E-state index contributed by atoms with van der Waals surface area (Å²) in [6, 6.07) is 22.0. The molecule has 0 aliphatic heterocycles. The SMILES string of the molecule is COC(=O)c1nc(-c2ccc(Br)cc2)c(-c2ccc(Cl)cc2)c(N)c1-c1ccc(Cl)cc1. The lowest BCUT2D eigenvalue weighted by molar-refractivity contribution is 0.0595. The molecule has 2 N–H and O–H groups in total. The molecule has 0 atom stereocenters. The Morgan fingerprint density at radius 1 is 0.812 bits per heavy atom. The van der Waals surface area contributed by atoms with Crippen LogP contribution in [0.4, 0.5) is 5.69 Å². The van der Waals surface area contributed by atoms with Crippen LogP contribution in [-0.4, -0.2) is 18.1 Å². The third kappa shape index (κ3) is 4.37. The first-order valence-electron chi connectivity index (χ1n) is 9.58. The number of nitrogen functional groups attached to an aromatic ring is 1. The molecule has 7 heteroatoms. The predicted molar refractivity (Wildman–Crippen MR) is 134 cm³/mol. The number of carbonyl (C=O) groups is 1. The van der Waals surface area contributed by atoms with Gasteiger partial charge in [0.1, 0.15) is 0 Å². The molecule has 0 radical (unpaired) electrons. The zero-order chi connectivity index (χ0) is 22.8. The Balaban J connectivity index is 2.10. The number of hydrogen-bond acceptors (Lipinski definition) is 4. The van der Waals surface area contributed by atoms with Gasteiger partial charge in [0.25, 0.3) is 0 Å². The van der Waals surface area contributed by atoms with Gasteiger partial charge in [0, 0.05) is 31.2 Å². The minimum absolute atomic E-state index is 0.128. The molecule has 3 aromatic carbocycles. The van der Waals surface area contributed by atoms with Crippen molar-refractivity contribution in [3.8, 4) is 33.5 Å². The normalized spacial score (nSPS) is 10.8. The van der Waals surface area contributed by atoms with Crippen LogP contribution in [0.5, 0.6) is 0 Å². The highest BCUT2D eigenvalue weighted by atomic mass is 79.9. The number of esters is 1. The second-order valence-electron chi connectivity index (χ2n) is 6.98. The summed E-state index contributed by atoms with van der Waals surface area (Å²) < 4.78 is 5.96. The Morgan fingerprint density at radius 3 is 1.78 bits per heavy atom. The Hall–Kier alpha value is -2.86. The Morgan fingerprint density at radius 2 is 1.28 bits per heavy atom. The zero-order valence-electron chi connectivity index (χ0n) is 16.9. The van der Waals surface area contributed by atoms with Crippen molar-refractivity contribution in [2.45, 2.75) is 0 Å². The first-order valence-corrected chi connectivity index (χ1v) is 11.1. The van der Waals surface area contributed by atoms with Crippen molar-refractivity contribution in [3.05, 3.63) is 93.0 Å². The number of halogens is 3. The highest BCUT2D eigenvalue weighted by molar-refractivity contribution is 9.10. The standard InChI is InChI=1S/C25H17BrCl2N2O2/c1-32-25(31)24-21(15-6-12-19(28)13-7-15)22(29)20(14-4-10-18(27)11-5-14)23(30-24)16-2-8-17(26)9-3-16/h2-13H,1H3,(H2,29,30). The van der Waals surface area contributed by atoms with Gasteiger partial charge in [0.15, 0.2) is 5.69 Å². The molecule has 32 heavy (non-hydrogen) atoms. The lowest BCUT2D eigenvalue weighted by Crippen LogP contribution is -2.11. The van der Waals surface area contributed by atoms with E-state index in [4.69, 9.17) is 38.7 Å². The summed E-state index contributed by atoms with van der Waals surface area (Å²) in [5.41, 5.74) is 11.4. The summed E-state index contributed by atoms with van der Waals surface area (Å²) in [4.78, 5) is 17.5. The van der Waals surface area contributed by atoms with E-state index in [0.29, 0.717) is 38.1 Å². The minimum Gasteiger partial charge on any atom is -0.464 e. The lowest BCUT2D eigenvalue weighted by Gasteiger charge is -2.19. The van der Waals surface area contributed by atoms with Crippen molar-refractivity contribution in [1.29, 1.82) is 0 Å². The van der Waals surface area contributed by atoms with E-state index in [1.807, 2.05) is 36.4 Å². The van der Waals surface area contributed by atoms with E-state index in [0.717, 1.165) is 15.6 Å². The highest BCUT2D eigenvalue weighted by Crippen LogP contribution is 2.43. The van der Waals surface area contributed by atoms with Crippen LogP contribution >= 0.6 is 39.1 Å². The van der Waals surface area contributed by atoms with E-state index in [9.17, 15) is 4.79 Å². The molecule has 0 aliphatic rings. The number of pyridine rings is 1. The number of nitrogens with zero attached hydrogens (tertiary/aromatic N) is 1. The van der Waals surface area contributed by atoms with Gasteiger partial charge in [-0.3, -0.25) is 0 Å². The molecule has 4 rings (SSSR count). The lowest BCUT2D eigenvalue weighted by atomic mass is 9.91. The number of carbonyl (C=O) groups excluding carboxylic acids is 1. The molecule has 4 nitrogen and oxygen atoms in total. The van der Waals surface area contributed by atoms with Crippen LogP contribution in [0.15, 0.2) is 77.3 Å². The van der Waals surface area contributed by atoms with Crippen molar-refractivity contribution >= 4 is 50.8 Å². The fraction of sp³-hybridized carbons (Fsp3) is 0.0400. The van der Waals surface area contributed by atoms with Gasteiger partial charge < -0.3 is 10.5 Å². The number of aromatic nitrogens is 1. The third-order valence-electron chi connectivity index (χ3n) is 5.00. The van der Waals surface area contributed by atoms with Crippen LogP contribution in [0.25, 0.3) is 33.5 Å². The number of anilines is 1. The van der Waals surface area contributed by atoms with Gasteiger partial charge in [0.05, 0.1) is 18.5 Å². The molecule has 0 unspecified atom stereocenters. The number of hydrogen-bond donors (Lipinski definition) is 1. The van der Waals surface area contributed by atoms with Gasteiger partial charge in [0.2, 0.25) is 0 Å². The van der Waals surface area contributed by atoms with Crippen LogP contribution in [0.3, 0.4) is 0 Å². The molecule has 0 spiro atoms. The number of benzene rings is 3. The van der Waals surface area contributed by atoms with E-state index in [-0.39, 0.29) is 5.69 Å². The third-order valence-corrected chi connectivity index (χ3v) is 6.03. The maximum Gasteiger partial charge on any atom is 0.357 e. The second-order valence-corrected chi connectivity index (χ2v) is 8.77. The average Bonchev–Trinajstić information content (AvgIpc) is 2.80. The van der Waals surface area contributed by atoms with Crippen LogP contribution in [-0.2, 0) is 4.74 Å². The van der Waals surface area contributed by atoms with Crippen molar-refractivity contribution < 1.29 is 9.53 Å². The topological polar surface area (TPSA) is 65.2 Å². The van der Waals surface area contributed by atoms with Crippen molar-refractivity contribution in [2.75, 3.05) is 12.8 Å². The minimum atomic E-state index is -0.581. The van der Waals surface area contributed by atoms with Gasteiger partial charge in [-0.1, -0.05) is 75.5 Å². The van der Waals surface area contributed by atoms with Crippen LogP contribution in [0.2, 0.25) is 10.0 Å². The Bertz CT molecular complexity index is 1290. The predicted octanol–water partition coefficient (Wildman–Crippen LogP) is 7.52. The van der Waals surface area contributed by atoms with Crippen molar-refractivity contribution in [1.82, 2.24) is 4.98 Å². The first kappa shape index (κ1) is 22.3. The summed E-state index contributed by atoms with van der Waals surface area (Å²) >= 11 is 15.6. The smallest absolute Gasteiger partial charge is 0.357 e. The number of ether oxygens (including phenoxy) is 1. The number of rotatable bonds is 4. The van der Waals surface area contributed by atoms with Crippen LogP contribution in [0, 0.1) is 0 Å². The van der Waals surface area contributed by atoms with Crippen molar-refractivity contribution in [3.63, 3.8) is 0 Å². The number of nitrogens with two attached hydrogens (primary N) is 1. The maximum absolute atomic E-state index is 12.8. The summed E-state index contributed by atoms with van der Waals surface area (Å²) in [6.45, 7) is 0. The summed E-state index contributed by atoms with van der Waals surface area (Å²) in [7, 11) is 1.32. The first-order chi connectivity index (χ1) is 15.4. The Kier molecular flexibility index (Phi) is 6.51. The molecule has 4 aromatic rings. The molecule has 160 valence electrons.